The number of aryl methyl sites for hydroxylation is 1. The van der Waals surface area contributed by atoms with Crippen LogP contribution in [0.15, 0.2) is 36.9 Å². The molecule has 182 valence electrons. The minimum absolute atomic E-state index is 0.215. The number of carboxylic acids is 1. The van der Waals surface area contributed by atoms with Gasteiger partial charge in [0.05, 0.1) is 12.1 Å². The van der Waals surface area contributed by atoms with Crippen molar-refractivity contribution in [2.75, 3.05) is 0 Å². The maximum absolute atomic E-state index is 11.6. The van der Waals surface area contributed by atoms with Crippen LogP contribution in [0.2, 0.25) is 5.02 Å². The quantitative estimate of drug-likeness (QED) is 0.435. The Kier molecular flexibility index (Phi) is 7.77. The van der Waals surface area contributed by atoms with E-state index in [1.807, 2.05) is 32.9 Å². The zero-order valence-corrected chi connectivity index (χ0v) is 19.5. The van der Waals surface area contributed by atoms with Crippen LogP contribution in [0, 0.1) is 5.41 Å². The van der Waals surface area contributed by atoms with Gasteiger partial charge in [-0.15, -0.1) is 0 Å². The molecule has 1 saturated heterocycles. The van der Waals surface area contributed by atoms with Crippen molar-refractivity contribution >= 4 is 17.6 Å². The molecule has 0 amide bonds. The van der Waals surface area contributed by atoms with E-state index in [-0.39, 0.29) is 6.54 Å². The summed E-state index contributed by atoms with van der Waals surface area (Å²) >= 11 is 6.00. The van der Waals surface area contributed by atoms with Gasteiger partial charge >= 0.3 is 5.97 Å². The summed E-state index contributed by atoms with van der Waals surface area (Å²) in [7, 11) is 0. The van der Waals surface area contributed by atoms with Crippen LogP contribution in [0.1, 0.15) is 32.8 Å². The minimum Gasteiger partial charge on any atom is -0.479 e. The van der Waals surface area contributed by atoms with Crippen LogP contribution in [0.25, 0.3) is 0 Å². The van der Waals surface area contributed by atoms with Crippen LogP contribution in [0.3, 0.4) is 0 Å². The molecule has 1 fully saturated rings. The first-order valence-electron chi connectivity index (χ1n) is 10.6. The Morgan fingerprint density at radius 2 is 1.82 bits per heavy atom. The minimum atomic E-state index is -1.80. The largest absolute Gasteiger partial charge is 0.479 e. The molecule has 2 heterocycles. The number of aliphatic hydroxyl groups is 3. The van der Waals surface area contributed by atoms with Crippen LogP contribution < -0.4 is 0 Å². The molecule has 2 aromatic rings. The molecule has 0 bridgehead atoms. The molecule has 3 rings (SSSR count). The first-order valence-corrected chi connectivity index (χ1v) is 11.0. The van der Waals surface area contributed by atoms with Gasteiger partial charge in [0, 0.05) is 5.02 Å². The summed E-state index contributed by atoms with van der Waals surface area (Å²) < 4.78 is 13.4. The number of aliphatic carboxylic acids is 1. The number of hydrogen-bond donors (Lipinski definition) is 4. The van der Waals surface area contributed by atoms with Gasteiger partial charge in [0.2, 0.25) is 0 Å². The lowest BCUT2D eigenvalue weighted by Gasteiger charge is -2.49. The standard InChI is InChI=1S/C22H30ClN3O7/c1-21(2,3)22(10-26-12-24-11-25-26,9-8-13-4-6-14(23)7-5-13)33-20-17(29)15(27)16(28)18(32-20)19(30)31/h4-7,11-12,15-18,20,27-29H,8-10H2,1-3H3,(H,30,31)/t15-,16-,17+,18-,20-,22?/m0/s1. The van der Waals surface area contributed by atoms with E-state index in [0.717, 1.165) is 5.56 Å². The van der Waals surface area contributed by atoms with Gasteiger partial charge in [0.25, 0.3) is 0 Å². The fraction of sp³-hybridized carbons (Fsp3) is 0.591. The van der Waals surface area contributed by atoms with Gasteiger partial charge < -0.3 is 29.9 Å². The van der Waals surface area contributed by atoms with E-state index in [0.29, 0.717) is 17.9 Å². The molecule has 33 heavy (non-hydrogen) atoms. The highest BCUT2D eigenvalue weighted by molar-refractivity contribution is 6.30. The highest BCUT2D eigenvalue weighted by atomic mass is 35.5. The number of carboxylic acid groups (broad SMARTS) is 1. The average Bonchev–Trinajstić information content (AvgIpc) is 3.25. The predicted octanol–water partition coefficient (Wildman–Crippen LogP) is 1.26. The molecule has 0 saturated carbocycles. The number of ether oxygens (including phenoxy) is 2. The number of nitrogens with zero attached hydrogens (tertiary/aromatic N) is 3. The summed E-state index contributed by atoms with van der Waals surface area (Å²) in [6.45, 7) is 6.05. The highest BCUT2D eigenvalue weighted by Crippen LogP contribution is 2.42. The molecule has 11 heteroatoms. The molecule has 0 radical (unpaired) electrons. The normalized spacial score (nSPS) is 27.8. The molecule has 0 aliphatic carbocycles. The van der Waals surface area contributed by atoms with Crippen molar-refractivity contribution in [3.63, 3.8) is 0 Å². The summed E-state index contributed by atoms with van der Waals surface area (Å²) in [5, 5.41) is 45.1. The van der Waals surface area contributed by atoms with Crippen LogP contribution in [-0.4, -0.2) is 77.5 Å². The van der Waals surface area contributed by atoms with Gasteiger partial charge in [-0.3, -0.25) is 4.68 Å². The van der Waals surface area contributed by atoms with Crippen molar-refractivity contribution in [1.29, 1.82) is 0 Å². The van der Waals surface area contributed by atoms with E-state index >= 15 is 0 Å². The Bertz CT molecular complexity index is 919. The van der Waals surface area contributed by atoms with E-state index in [1.54, 1.807) is 16.8 Å². The maximum atomic E-state index is 11.6. The Morgan fingerprint density at radius 3 is 2.36 bits per heavy atom. The monoisotopic (exact) mass is 483 g/mol. The Balaban J connectivity index is 1.95. The van der Waals surface area contributed by atoms with E-state index in [2.05, 4.69) is 10.1 Å². The van der Waals surface area contributed by atoms with Crippen molar-refractivity contribution < 1.29 is 34.7 Å². The van der Waals surface area contributed by atoms with Gasteiger partial charge in [0.15, 0.2) is 12.4 Å². The van der Waals surface area contributed by atoms with Gasteiger partial charge in [-0.25, -0.2) is 9.78 Å². The lowest BCUT2D eigenvalue weighted by molar-refractivity contribution is -0.335. The predicted molar refractivity (Wildman–Crippen MR) is 117 cm³/mol. The molecule has 10 nitrogen and oxygen atoms in total. The Labute approximate surface area is 196 Å². The van der Waals surface area contributed by atoms with Crippen LogP contribution in [0.5, 0.6) is 0 Å². The number of hydrogen-bond acceptors (Lipinski definition) is 8. The van der Waals surface area contributed by atoms with Crippen LogP contribution in [0.4, 0.5) is 0 Å². The molecule has 1 aromatic carbocycles. The van der Waals surface area contributed by atoms with Crippen molar-refractivity contribution in [3.8, 4) is 0 Å². The number of halogens is 1. The average molecular weight is 484 g/mol. The van der Waals surface area contributed by atoms with E-state index in [4.69, 9.17) is 21.1 Å². The molecule has 0 spiro atoms. The van der Waals surface area contributed by atoms with E-state index in [1.165, 1.54) is 12.7 Å². The first kappa shape index (κ1) is 25.5. The van der Waals surface area contributed by atoms with E-state index < -0.39 is 47.7 Å². The van der Waals surface area contributed by atoms with Gasteiger partial charge in [-0.05, 0) is 36.0 Å². The summed E-state index contributed by atoms with van der Waals surface area (Å²) in [4.78, 5) is 15.5. The molecule has 1 aliphatic heterocycles. The second-order valence-electron chi connectivity index (χ2n) is 9.32. The number of carbonyl (C=O) groups is 1. The summed E-state index contributed by atoms with van der Waals surface area (Å²) in [5.74, 6) is -1.47. The van der Waals surface area contributed by atoms with Gasteiger partial charge in [-0.2, -0.15) is 5.10 Å². The molecule has 6 atom stereocenters. The number of aliphatic hydroxyl groups excluding tert-OH is 3. The van der Waals surface area contributed by atoms with Crippen LogP contribution in [-0.2, 0) is 27.2 Å². The third-order valence-corrected chi connectivity index (χ3v) is 6.39. The molecular weight excluding hydrogens is 454 g/mol. The number of rotatable bonds is 8. The number of benzene rings is 1. The Hall–Kier alpha value is -2.08. The van der Waals surface area contributed by atoms with Crippen molar-refractivity contribution in [3.05, 3.63) is 47.5 Å². The SMILES string of the molecule is CC(C)(C)C(CCc1ccc(Cl)cc1)(Cn1cncn1)O[C@@H]1O[C@H](C(=O)O)[C@@H](O)[C@H](O)[C@H]1O. The van der Waals surface area contributed by atoms with Crippen molar-refractivity contribution in [1.82, 2.24) is 14.8 Å². The molecule has 1 aromatic heterocycles. The molecule has 1 aliphatic rings. The van der Waals surface area contributed by atoms with Gasteiger partial charge in [0.1, 0.15) is 31.0 Å². The van der Waals surface area contributed by atoms with Crippen LogP contribution >= 0.6 is 11.6 Å². The van der Waals surface area contributed by atoms with Crippen molar-refractivity contribution in [2.45, 2.75) is 76.5 Å². The first-order chi connectivity index (χ1) is 15.4. The smallest absolute Gasteiger partial charge is 0.335 e. The fourth-order valence-corrected chi connectivity index (χ4v) is 4.04. The summed E-state index contributed by atoms with van der Waals surface area (Å²) in [6.07, 6.45) is -4.56. The molecular formula is C22H30ClN3O7. The summed E-state index contributed by atoms with van der Waals surface area (Å²) in [6, 6.07) is 7.38. The van der Waals surface area contributed by atoms with E-state index in [9.17, 15) is 25.2 Å². The highest BCUT2D eigenvalue weighted by Gasteiger charge is 2.52. The summed E-state index contributed by atoms with van der Waals surface area (Å²) in [5.41, 5.74) is -0.607. The topological polar surface area (TPSA) is 147 Å². The zero-order chi connectivity index (χ0) is 24.4. The zero-order valence-electron chi connectivity index (χ0n) is 18.7. The fourth-order valence-electron chi connectivity index (χ4n) is 3.91. The van der Waals surface area contributed by atoms with Gasteiger partial charge in [-0.1, -0.05) is 44.5 Å². The third-order valence-electron chi connectivity index (χ3n) is 6.14. The second-order valence-corrected chi connectivity index (χ2v) is 9.75. The lowest BCUT2D eigenvalue weighted by Crippen LogP contribution is -2.63. The Morgan fingerprint density at radius 1 is 1.15 bits per heavy atom. The second kappa shape index (κ2) is 10.0. The molecule has 1 unspecified atom stereocenters. The lowest BCUT2D eigenvalue weighted by atomic mass is 9.72. The number of aromatic nitrogens is 3. The maximum Gasteiger partial charge on any atom is 0.335 e. The third kappa shape index (κ3) is 5.71. The van der Waals surface area contributed by atoms with Crippen molar-refractivity contribution in [2.24, 2.45) is 5.41 Å². The molecule has 4 N–H and O–H groups in total.